The van der Waals surface area contributed by atoms with E-state index < -0.39 is 10.0 Å². The lowest BCUT2D eigenvalue weighted by Crippen LogP contribution is -2.44. The normalized spacial score (nSPS) is 15.3. The zero-order valence-corrected chi connectivity index (χ0v) is 22.5. The molecule has 0 bridgehead atoms. The fourth-order valence-electron chi connectivity index (χ4n) is 4.16. The van der Waals surface area contributed by atoms with E-state index >= 15 is 0 Å². The maximum absolute atomic E-state index is 13.8. The second-order valence-electron chi connectivity index (χ2n) is 8.31. The van der Waals surface area contributed by atoms with Gasteiger partial charge in [-0.15, -0.1) is 11.3 Å². The number of aromatic nitrogens is 2. The van der Waals surface area contributed by atoms with Crippen LogP contribution in [0.2, 0.25) is 4.34 Å². The molecule has 1 amide bonds. The highest BCUT2D eigenvalue weighted by molar-refractivity contribution is 7.91. The lowest BCUT2D eigenvalue weighted by molar-refractivity contribution is -0.123. The summed E-state index contributed by atoms with van der Waals surface area (Å²) in [5.74, 6) is 0.291. The number of ether oxygens (including phenoxy) is 1. The van der Waals surface area contributed by atoms with Crippen LogP contribution in [-0.2, 0) is 21.4 Å². The fourth-order valence-corrected chi connectivity index (χ4v) is 8.22. The Bertz CT molecular complexity index is 1480. The molecule has 12 heteroatoms. The number of sulfonamides is 1. The number of thiophene rings is 1. The number of hydrogen-bond acceptors (Lipinski definition) is 8. The molecule has 3 aromatic heterocycles. The number of carbonyl (C=O) groups is 1. The van der Waals surface area contributed by atoms with Gasteiger partial charge in [-0.3, -0.25) is 14.7 Å². The molecule has 0 N–H and O–H groups in total. The lowest BCUT2D eigenvalue weighted by atomic mass is 9.96. The number of amides is 1. The third-order valence-electron chi connectivity index (χ3n) is 6.07. The first-order chi connectivity index (χ1) is 17.3. The summed E-state index contributed by atoms with van der Waals surface area (Å²) >= 11 is 8.42. The Morgan fingerprint density at radius 3 is 2.64 bits per heavy atom. The van der Waals surface area contributed by atoms with Gasteiger partial charge in [0.15, 0.2) is 5.13 Å². The molecular formula is C24H23ClN4O4S3. The standard InChI is InChI=1S/C24H23ClN4O4S3/c1-33-18-5-6-20-19(14-18)27-24(34-20)29(15-17-4-2-3-11-26-17)23(30)16-9-12-28(13-10-16)36(31,32)22-8-7-21(25)35-22/h2-8,11,14,16H,9-10,12-13,15H2,1H3. The van der Waals surface area contributed by atoms with Crippen LogP contribution < -0.4 is 9.64 Å². The first kappa shape index (κ1) is 25.1. The summed E-state index contributed by atoms with van der Waals surface area (Å²) in [6.07, 6.45) is 2.55. The molecule has 4 aromatic rings. The van der Waals surface area contributed by atoms with Crippen molar-refractivity contribution in [3.05, 3.63) is 64.8 Å². The molecule has 1 fully saturated rings. The van der Waals surface area contributed by atoms with Crippen LogP contribution in [0.25, 0.3) is 10.2 Å². The molecule has 0 aliphatic carbocycles. The predicted octanol–water partition coefficient (Wildman–Crippen LogP) is 5.05. The third kappa shape index (κ3) is 5.12. The van der Waals surface area contributed by atoms with Crippen molar-refractivity contribution >= 4 is 65.6 Å². The summed E-state index contributed by atoms with van der Waals surface area (Å²) < 4.78 is 34.3. The fraction of sp³-hybridized carbons (Fsp3) is 0.292. The molecule has 0 saturated carbocycles. The van der Waals surface area contributed by atoms with Crippen LogP contribution in [-0.4, -0.2) is 48.8 Å². The van der Waals surface area contributed by atoms with Crippen LogP contribution in [0.15, 0.2) is 58.9 Å². The average Bonchev–Trinajstić information content (AvgIpc) is 3.53. The molecular weight excluding hydrogens is 540 g/mol. The van der Waals surface area contributed by atoms with Gasteiger partial charge in [0.05, 0.1) is 33.9 Å². The van der Waals surface area contributed by atoms with Gasteiger partial charge >= 0.3 is 0 Å². The summed E-state index contributed by atoms with van der Waals surface area (Å²) in [7, 11) is -2.02. The van der Waals surface area contributed by atoms with E-state index in [9.17, 15) is 13.2 Å². The van der Waals surface area contributed by atoms with Crippen molar-refractivity contribution in [3.63, 3.8) is 0 Å². The monoisotopic (exact) mass is 562 g/mol. The Balaban J connectivity index is 1.38. The van der Waals surface area contributed by atoms with E-state index in [2.05, 4.69) is 4.98 Å². The average molecular weight is 563 g/mol. The van der Waals surface area contributed by atoms with Crippen LogP contribution >= 0.6 is 34.3 Å². The maximum atomic E-state index is 13.8. The number of anilines is 1. The minimum Gasteiger partial charge on any atom is -0.497 e. The van der Waals surface area contributed by atoms with Crippen molar-refractivity contribution in [2.24, 2.45) is 5.92 Å². The molecule has 1 aromatic carbocycles. The van der Waals surface area contributed by atoms with Crippen molar-refractivity contribution < 1.29 is 17.9 Å². The Labute approximate surface area is 222 Å². The number of pyridine rings is 1. The molecule has 1 saturated heterocycles. The Kier molecular flexibility index (Phi) is 7.27. The van der Waals surface area contributed by atoms with E-state index in [1.165, 1.54) is 21.7 Å². The second-order valence-corrected chi connectivity index (χ2v) is 13.2. The zero-order chi connectivity index (χ0) is 25.3. The van der Waals surface area contributed by atoms with Gasteiger partial charge in [-0.25, -0.2) is 13.4 Å². The van der Waals surface area contributed by atoms with Crippen LogP contribution in [0, 0.1) is 5.92 Å². The highest BCUT2D eigenvalue weighted by Crippen LogP contribution is 2.35. The smallest absolute Gasteiger partial charge is 0.252 e. The van der Waals surface area contributed by atoms with Gasteiger partial charge in [-0.05, 0) is 49.2 Å². The molecule has 4 heterocycles. The maximum Gasteiger partial charge on any atom is 0.252 e. The number of methoxy groups -OCH3 is 1. The largest absolute Gasteiger partial charge is 0.497 e. The van der Waals surface area contributed by atoms with Gasteiger partial charge in [0.2, 0.25) is 5.91 Å². The Hall–Kier alpha value is -2.57. The van der Waals surface area contributed by atoms with E-state index in [0.29, 0.717) is 28.1 Å². The molecule has 5 rings (SSSR count). The van der Waals surface area contributed by atoms with Gasteiger partial charge in [0.25, 0.3) is 10.0 Å². The van der Waals surface area contributed by atoms with Crippen molar-refractivity contribution in [3.8, 4) is 5.75 Å². The van der Waals surface area contributed by atoms with Crippen LogP contribution in [0.3, 0.4) is 0 Å². The van der Waals surface area contributed by atoms with Crippen molar-refractivity contribution in [2.45, 2.75) is 23.6 Å². The van der Waals surface area contributed by atoms with Gasteiger partial charge < -0.3 is 4.74 Å². The number of piperidine rings is 1. The van der Waals surface area contributed by atoms with E-state index in [4.69, 9.17) is 21.3 Å². The van der Waals surface area contributed by atoms with E-state index in [-0.39, 0.29) is 35.7 Å². The zero-order valence-electron chi connectivity index (χ0n) is 19.3. The minimum absolute atomic E-state index is 0.0807. The van der Waals surface area contributed by atoms with Crippen LogP contribution in [0.4, 0.5) is 5.13 Å². The van der Waals surface area contributed by atoms with Crippen molar-refractivity contribution in [2.75, 3.05) is 25.1 Å². The van der Waals surface area contributed by atoms with Gasteiger partial charge in [0, 0.05) is 31.3 Å². The van der Waals surface area contributed by atoms with Crippen molar-refractivity contribution in [1.29, 1.82) is 0 Å². The van der Waals surface area contributed by atoms with E-state index in [0.717, 1.165) is 27.2 Å². The highest BCUT2D eigenvalue weighted by Gasteiger charge is 2.35. The highest BCUT2D eigenvalue weighted by atomic mass is 35.5. The summed E-state index contributed by atoms with van der Waals surface area (Å²) in [4.78, 5) is 24.6. The minimum atomic E-state index is -3.62. The number of carbonyl (C=O) groups excluding carboxylic acids is 1. The number of halogens is 1. The molecule has 0 radical (unpaired) electrons. The number of benzene rings is 1. The number of fused-ring (bicyclic) bond motifs is 1. The summed E-state index contributed by atoms with van der Waals surface area (Å²) in [5, 5.41) is 0.581. The number of rotatable bonds is 7. The number of nitrogens with zero attached hydrogens (tertiary/aromatic N) is 4. The second kappa shape index (κ2) is 10.4. The van der Waals surface area contributed by atoms with E-state index in [1.807, 2.05) is 36.4 Å². The third-order valence-corrected chi connectivity index (χ3v) is 10.7. The van der Waals surface area contributed by atoms with Gasteiger partial charge in [0.1, 0.15) is 9.96 Å². The summed E-state index contributed by atoms with van der Waals surface area (Å²) in [6.45, 7) is 0.814. The van der Waals surface area contributed by atoms with Gasteiger partial charge in [-0.1, -0.05) is 29.0 Å². The number of thiazole rings is 1. The quantitative estimate of drug-likeness (QED) is 0.313. The lowest BCUT2D eigenvalue weighted by Gasteiger charge is -2.32. The van der Waals surface area contributed by atoms with E-state index in [1.54, 1.807) is 24.3 Å². The van der Waals surface area contributed by atoms with Crippen molar-refractivity contribution in [1.82, 2.24) is 14.3 Å². The molecule has 1 aliphatic heterocycles. The summed E-state index contributed by atoms with van der Waals surface area (Å²) in [6, 6.07) is 14.3. The van der Waals surface area contributed by atoms with Gasteiger partial charge in [-0.2, -0.15) is 4.31 Å². The van der Waals surface area contributed by atoms with Crippen LogP contribution in [0.5, 0.6) is 5.75 Å². The molecule has 0 unspecified atom stereocenters. The molecule has 0 spiro atoms. The Morgan fingerprint density at radius 2 is 1.97 bits per heavy atom. The molecule has 1 aliphatic rings. The number of hydrogen-bond donors (Lipinski definition) is 0. The molecule has 188 valence electrons. The SMILES string of the molecule is COc1ccc2sc(N(Cc3ccccn3)C(=O)C3CCN(S(=O)(=O)c4ccc(Cl)s4)CC3)nc2c1. The topological polar surface area (TPSA) is 92.7 Å². The van der Waals surface area contributed by atoms with Crippen LogP contribution in [0.1, 0.15) is 18.5 Å². The molecule has 8 nitrogen and oxygen atoms in total. The molecule has 0 atom stereocenters. The summed E-state index contributed by atoms with van der Waals surface area (Å²) in [5.41, 5.74) is 1.50. The predicted molar refractivity (Wildman–Crippen MR) is 142 cm³/mol. The molecule has 36 heavy (non-hydrogen) atoms. The first-order valence-corrected chi connectivity index (χ1v) is 14.7. The first-order valence-electron chi connectivity index (χ1n) is 11.3. The Morgan fingerprint density at radius 1 is 1.17 bits per heavy atom.